The summed E-state index contributed by atoms with van der Waals surface area (Å²) in [4.78, 5) is 28.9. The van der Waals surface area contributed by atoms with Gasteiger partial charge in [-0.3, -0.25) is 9.78 Å². The van der Waals surface area contributed by atoms with Gasteiger partial charge in [-0.05, 0) is 91.6 Å². The molecule has 0 saturated carbocycles. The zero-order chi connectivity index (χ0) is 28.5. The number of halogens is 1. The third kappa shape index (κ3) is 8.04. The molecular weight excluding hydrogens is 511 g/mol. The van der Waals surface area contributed by atoms with E-state index >= 15 is 0 Å². The molecule has 0 aliphatic rings. The summed E-state index contributed by atoms with van der Waals surface area (Å²) >= 11 is 0. The van der Waals surface area contributed by atoms with E-state index in [1.165, 1.54) is 24.3 Å². The van der Waals surface area contributed by atoms with E-state index in [0.29, 0.717) is 24.3 Å². The van der Waals surface area contributed by atoms with Crippen LogP contribution in [0.4, 0.5) is 9.18 Å². The van der Waals surface area contributed by atoms with Crippen LogP contribution in [0.25, 0.3) is 11.3 Å². The van der Waals surface area contributed by atoms with E-state index in [1.54, 1.807) is 24.3 Å². The standard InChI is InChI=1S/C31H31FN4O4/c1-20(18-24(36-31(33)39)19-34-30(38)27-6-2-3-8-29(27)37)17-23-5-4-7-28(35-23)21-9-13-25(14-10-21)40-26-15-11-22(32)12-16-26/h2-16,20,24,37H,17-19H2,1H3,(H,34,38)(H3,33,36,39). The molecule has 0 fully saturated rings. The number of carbonyl (C=O) groups is 2. The number of phenols is 1. The number of phenolic OH excluding ortho intramolecular Hbond substituents is 1. The molecule has 0 spiro atoms. The highest BCUT2D eigenvalue weighted by molar-refractivity contribution is 5.96. The maximum Gasteiger partial charge on any atom is 0.312 e. The Balaban J connectivity index is 1.35. The molecule has 0 saturated heterocycles. The molecule has 0 bridgehead atoms. The number of rotatable bonds is 11. The van der Waals surface area contributed by atoms with Crippen LogP contribution in [0.3, 0.4) is 0 Å². The summed E-state index contributed by atoms with van der Waals surface area (Å²) in [6, 6.07) is 24.3. The van der Waals surface area contributed by atoms with Gasteiger partial charge in [-0.1, -0.05) is 25.1 Å². The van der Waals surface area contributed by atoms with Crippen molar-refractivity contribution in [3.05, 3.63) is 108 Å². The summed E-state index contributed by atoms with van der Waals surface area (Å²) in [5, 5.41) is 15.4. The lowest BCUT2D eigenvalue weighted by atomic mass is 9.96. The van der Waals surface area contributed by atoms with Crippen LogP contribution in [0.5, 0.6) is 17.2 Å². The maximum absolute atomic E-state index is 13.1. The minimum Gasteiger partial charge on any atom is -0.507 e. The Bertz CT molecular complexity index is 1440. The predicted molar refractivity (Wildman–Crippen MR) is 151 cm³/mol. The van der Waals surface area contributed by atoms with Gasteiger partial charge >= 0.3 is 6.03 Å². The fourth-order valence-electron chi connectivity index (χ4n) is 4.38. The number of aromatic hydroxyl groups is 1. The minimum absolute atomic E-state index is 0.105. The van der Waals surface area contributed by atoms with E-state index in [1.807, 2.05) is 49.4 Å². The van der Waals surface area contributed by atoms with Crippen LogP contribution in [0, 0.1) is 11.7 Å². The first kappa shape index (κ1) is 28.1. The van der Waals surface area contributed by atoms with Crippen LogP contribution in [0.1, 0.15) is 29.4 Å². The number of para-hydroxylation sites is 1. The Morgan fingerprint density at radius 3 is 2.30 bits per heavy atom. The van der Waals surface area contributed by atoms with Crippen molar-refractivity contribution in [2.24, 2.45) is 11.7 Å². The van der Waals surface area contributed by atoms with Gasteiger partial charge in [-0.2, -0.15) is 0 Å². The Morgan fingerprint density at radius 1 is 0.950 bits per heavy atom. The van der Waals surface area contributed by atoms with Gasteiger partial charge in [0.2, 0.25) is 0 Å². The first-order chi connectivity index (χ1) is 19.3. The number of pyridine rings is 1. The highest BCUT2D eigenvalue weighted by Crippen LogP contribution is 2.26. The van der Waals surface area contributed by atoms with E-state index in [4.69, 9.17) is 15.5 Å². The molecular formula is C31H31FN4O4. The van der Waals surface area contributed by atoms with Crippen LogP contribution in [-0.4, -0.2) is 34.6 Å². The number of nitrogens with zero attached hydrogens (tertiary/aromatic N) is 1. The lowest BCUT2D eigenvalue weighted by Gasteiger charge is -2.22. The number of hydrogen-bond donors (Lipinski definition) is 4. The normalized spacial score (nSPS) is 12.2. The van der Waals surface area contributed by atoms with E-state index < -0.39 is 18.0 Å². The van der Waals surface area contributed by atoms with E-state index in [9.17, 15) is 19.1 Å². The lowest BCUT2D eigenvalue weighted by molar-refractivity contribution is 0.0945. The Morgan fingerprint density at radius 2 is 1.62 bits per heavy atom. The molecule has 0 aliphatic heterocycles. The average Bonchev–Trinajstić information content (AvgIpc) is 2.93. The SMILES string of the molecule is CC(Cc1cccc(-c2ccc(Oc3ccc(F)cc3)cc2)n1)CC(CNC(=O)c1ccccc1O)NC(N)=O. The highest BCUT2D eigenvalue weighted by Gasteiger charge is 2.18. The molecule has 1 aromatic heterocycles. The molecule has 9 heteroatoms. The summed E-state index contributed by atoms with van der Waals surface area (Å²) in [6.45, 7) is 2.19. The molecule has 0 radical (unpaired) electrons. The third-order valence-corrected chi connectivity index (χ3v) is 6.25. The summed E-state index contributed by atoms with van der Waals surface area (Å²) in [6.07, 6.45) is 1.19. The number of nitrogens with two attached hydrogens (primary N) is 1. The minimum atomic E-state index is -0.680. The Hall–Kier alpha value is -4.92. The number of benzene rings is 3. The maximum atomic E-state index is 13.1. The van der Waals surface area contributed by atoms with E-state index in [2.05, 4.69) is 10.6 Å². The number of ether oxygens (including phenoxy) is 1. The zero-order valence-corrected chi connectivity index (χ0v) is 22.0. The van der Waals surface area contributed by atoms with Crippen LogP contribution >= 0.6 is 0 Å². The average molecular weight is 543 g/mol. The second kappa shape index (κ2) is 13.2. The quantitative estimate of drug-likeness (QED) is 0.201. The number of hydrogen-bond acceptors (Lipinski definition) is 5. The van der Waals surface area contributed by atoms with Gasteiger partial charge in [0, 0.05) is 23.8 Å². The van der Waals surface area contributed by atoms with Crippen molar-refractivity contribution in [2.45, 2.75) is 25.8 Å². The fourth-order valence-corrected chi connectivity index (χ4v) is 4.38. The largest absolute Gasteiger partial charge is 0.507 e. The van der Waals surface area contributed by atoms with Crippen molar-refractivity contribution in [1.82, 2.24) is 15.6 Å². The number of urea groups is 1. The number of amides is 3. The van der Waals surface area contributed by atoms with Crippen molar-refractivity contribution >= 4 is 11.9 Å². The molecule has 4 aromatic rings. The summed E-state index contributed by atoms with van der Waals surface area (Å²) in [5.74, 6) is 0.402. The van der Waals surface area contributed by atoms with Gasteiger partial charge in [0.25, 0.3) is 5.91 Å². The van der Waals surface area contributed by atoms with Gasteiger partial charge in [-0.25, -0.2) is 9.18 Å². The molecule has 2 atom stereocenters. The summed E-state index contributed by atoms with van der Waals surface area (Å²) in [7, 11) is 0. The van der Waals surface area contributed by atoms with E-state index in [0.717, 1.165) is 17.0 Å². The van der Waals surface area contributed by atoms with Gasteiger partial charge in [0.1, 0.15) is 23.1 Å². The summed E-state index contributed by atoms with van der Waals surface area (Å²) in [5.41, 5.74) is 8.13. The molecule has 3 amide bonds. The van der Waals surface area contributed by atoms with Crippen LogP contribution in [0.2, 0.25) is 0 Å². The van der Waals surface area contributed by atoms with Crippen molar-refractivity contribution in [3.8, 4) is 28.5 Å². The molecule has 1 heterocycles. The third-order valence-electron chi connectivity index (χ3n) is 6.25. The monoisotopic (exact) mass is 542 g/mol. The number of nitrogens with one attached hydrogen (secondary N) is 2. The molecule has 8 nitrogen and oxygen atoms in total. The van der Waals surface area contributed by atoms with Crippen LogP contribution < -0.4 is 21.1 Å². The summed E-state index contributed by atoms with van der Waals surface area (Å²) < 4.78 is 18.9. The van der Waals surface area contributed by atoms with Crippen LogP contribution in [0.15, 0.2) is 91.0 Å². The molecule has 5 N–H and O–H groups in total. The highest BCUT2D eigenvalue weighted by atomic mass is 19.1. The first-order valence-electron chi connectivity index (χ1n) is 12.9. The Kier molecular flexibility index (Phi) is 9.30. The number of aromatic nitrogens is 1. The fraction of sp³-hybridized carbons (Fsp3) is 0.194. The lowest BCUT2D eigenvalue weighted by Crippen LogP contribution is -2.46. The predicted octanol–water partition coefficient (Wildman–Crippen LogP) is 5.42. The molecule has 3 aromatic carbocycles. The topological polar surface area (TPSA) is 127 Å². The van der Waals surface area contributed by atoms with Gasteiger partial charge < -0.3 is 26.2 Å². The van der Waals surface area contributed by atoms with Gasteiger partial charge in [0.05, 0.1) is 11.3 Å². The Labute approximate surface area is 232 Å². The van der Waals surface area contributed by atoms with Crippen molar-refractivity contribution in [3.63, 3.8) is 0 Å². The van der Waals surface area contributed by atoms with Crippen LogP contribution in [-0.2, 0) is 6.42 Å². The second-order valence-electron chi connectivity index (χ2n) is 9.57. The van der Waals surface area contributed by atoms with Crippen molar-refractivity contribution in [2.75, 3.05) is 6.54 Å². The number of carbonyl (C=O) groups excluding carboxylic acids is 2. The molecule has 2 unspecified atom stereocenters. The molecule has 0 aliphatic carbocycles. The van der Waals surface area contributed by atoms with Gasteiger partial charge in [-0.15, -0.1) is 0 Å². The van der Waals surface area contributed by atoms with Crippen molar-refractivity contribution < 1.29 is 23.8 Å². The smallest absolute Gasteiger partial charge is 0.312 e. The molecule has 206 valence electrons. The number of primary amides is 1. The zero-order valence-electron chi connectivity index (χ0n) is 22.0. The van der Waals surface area contributed by atoms with Gasteiger partial charge in [0.15, 0.2) is 0 Å². The molecule has 4 rings (SSSR count). The molecule has 40 heavy (non-hydrogen) atoms. The second-order valence-corrected chi connectivity index (χ2v) is 9.57. The first-order valence-corrected chi connectivity index (χ1v) is 12.9. The van der Waals surface area contributed by atoms with Crippen molar-refractivity contribution in [1.29, 1.82) is 0 Å². The van der Waals surface area contributed by atoms with E-state index in [-0.39, 0.29) is 29.6 Å².